The number of aromatic nitrogens is 5. The summed E-state index contributed by atoms with van der Waals surface area (Å²) in [6.07, 6.45) is 7.84. The highest BCUT2D eigenvalue weighted by Gasteiger charge is 2.13. The summed E-state index contributed by atoms with van der Waals surface area (Å²) in [5.74, 6) is 0.489. The lowest BCUT2D eigenvalue weighted by Gasteiger charge is -2.13. The van der Waals surface area contributed by atoms with E-state index in [4.69, 9.17) is 0 Å². The first-order valence-electron chi connectivity index (χ1n) is 7.66. The minimum Gasteiger partial charge on any atom is -0.352 e. The van der Waals surface area contributed by atoms with Crippen LogP contribution in [0.3, 0.4) is 0 Å². The van der Waals surface area contributed by atoms with Gasteiger partial charge in [-0.05, 0) is 35.9 Å². The van der Waals surface area contributed by atoms with Crippen LogP contribution in [0.15, 0.2) is 24.5 Å². The number of nitrogens with zero attached hydrogens (tertiary/aromatic N) is 5. The maximum Gasteiger partial charge on any atom is 0.242 e. The van der Waals surface area contributed by atoms with Crippen molar-refractivity contribution in [2.45, 2.75) is 52.1 Å². The monoisotopic (exact) mass is 302 g/mol. The van der Waals surface area contributed by atoms with E-state index in [-0.39, 0.29) is 18.5 Å². The van der Waals surface area contributed by atoms with Crippen LogP contribution in [0.2, 0.25) is 0 Å². The smallest absolute Gasteiger partial charge is 0.242 e. The SMILES string of the molecule is CCCCC[C@@H](C)NC(=O)Cn1nnnc1-c1ccncc1. The highest BCUT2D eigenvalue weighted by molar-refractivity contribution is 5.76. The Kier molecular flexibility index (Phi) is 6.00. The first kappa shape index (κ1) is 16.1. The van der Waals surface area contributed by atoms with E-state index in [1.807, 2.05) is 19.1 Å². The largest absolute Gasteiger partial charge is 0.352 e. The molecular weight excluding hydrogens is 280 g/mol. The van der Waals surface area contributed by atoms with Gasteiger partial charge in [-0.15, -0.1) is 5.10 Å². The molecule has 1 N–H and O–H groups in total. The molecule has 7 nitrogen and oxygen atoms in total. The van der Waals surface area contributed by atoms with E-state index in [2.05, 4.69) is 32.7 Å². The third-order valence-electron chi connectivity index (χ3n) is 3.41. The Morgan fingerprint density at radius 1 is 1.32 bits per heavy atom. The number of carbonyl (C=O) groups is 1. The highest BCUT2D eigenvalue weighted by atomic mass is 16.2. The number of hydrogen-bond donors (Lipinski definition) is 1. The van der Waals surface area contributed by atoms with Crippen LogP contribution in [0.4, 0.5) is 0 Å². The van der Waals surface area contributed by atoms with Crippen molar-refractivity contribution in [3.05, 3.63) is 24.5 Å². The first-order chi connectivity index (χ1) is 10.7. The van der Waals surface area contributed by atoms with Gasteiger partial charge in [-0.25, -0.2) is 4.68 Å². The second-order valence-electron chi connectivity index (χ2n) is 5.36. The van der Waals surface area contributed by atoms with E-state index in [0.29, 0.717) is 5.82 Å². The van der Waals surface area contributed by atoms with Crippen molar-refractivity contribution < 1.29 is 4.79 Å². The van der Waals surface area contributed by atoms with Gasteiger partial charge in [-0.1, -0.05) is 26.2 Å². The number of unbranched alkanes of at least 4 members (excludes halogenated alkanes) is 2. The van der Waals surface area contributed by atoms with Crippen molar-refractivity contribution in [1.29, 1.82) is 0 Å². The number of pyridine rings is 1. The zero-order valence-corrected chi connectivity index (χ0v) is 13.1. The molecule has 0 saturated carbocycles. The summed E-state index contributed by atoms with van der Waals surface area (Å²) in [4.78, 5) is 16.1. The summed E-state index contributed by atoms with van der Waals surface area (Å²) < 4.78 is 1.50. The zero-order chi connectivity index (χ0) is 15.8. The summed E-state index contributed by atoms with van der Waals surface area (Å²) in [7, 11) is 0. The molecule has 0 aliphatic heterocycles. The fraction of sp³-hybridized carbons (Fsp3) is 0.533. The van der Waals surface area contributed by atoms with Gasteiger partial charge in [-0.2, -0.15) is 0 Å². The molecule has 1 amide bonds. The molecule has 2 aromatic heterocycles. The Balaban J connectivity index is 1.91. The third kappa shape index (κ3) is 4.61. The van der Waals surface area contributed by atoms with Crippen molar-refractivity contribution >= 4 is 5.91 Å². The minimum atomic E-state index is -0.0772. The second-order valence-corrected chi connectivity index (χ2v) is 5.36. The van der Waals surface area contributed by atoms with Crippen LogP contribution in [0.25, 0.3) is 11.4 Å². The van der Waals surface area contributed by atoms with Crippen molar-refractivity contribution in [2.75, 3.05) is 0 Å². The standard InChI is InChI=1S/C15H22N6O/c1-3-4-5-6-12(2)17-14(22)11-21-15(18-19-20-21)13-7-9-16-10-8-13/h7-10,12H,3-6,11H2,1-2H3,(H,17,22)/t12-/m1/s1. The van der Waals surface area contributed by atoms with Crippen LogP contribution in [-0.2, 0) is 11.3 Å². The molecule has 0 spiro atoms. The minimum absolute atomic E-state index is 0.0772. The Bertz CT molecular complexity index is 583. The molecule has 118 valence electrons. The predicted octanol–water partition coefficient (Wildman–Crippen LogP) is 1.82. The highest BCUT2D eigenvalue weighted by Crippen LogP contribution is 2.13. The molecular formula is C15H22N6O. The molecule has 22 heavy (non-hydrogen) atoms. The van der Waals surface area contributed by atoms with E-state index < -0.39 is 0 Å². The molecule has 0 unspecified atom stereocenters. The Hall–Kier alpha value is -2.31. The summed E-state index contributed by atoms with van der Waals surface area (Å²) in [6, 6.07) is 3.79. The van der Waals surface area contributed by atoms with Crippen LogP contribution < -0.4 is 5.32 Å². The van der Waals surface area contributed by atoms with Crippen molar-refractivity contribution in [3.8, 4) is 11.4 Å². The molecule has 0 aliphatic rings. The van der Waals surface area contributed by atoms with Gasteiger partial charge >= 0.3 is 0 Å². The number of amides is 1. The average Bonchev–Trinajstić information content (AvgIpc) is 2.96. The Morgan fingerprint density at radius 3 is 2.82 bits per heavy atom. The van der Waals surface area contributed by atoms with Crippen LogP contribution in [-0.4, -0.2) is 37.1 Å². The second kappa shape index (κ2) is 8.21. The van der Waals surface area contributed by atoms with Crippen molar-refractivity contribution in [2.24, 2.45) is 0 Å². The number of carbonyl (C=O) groups excluding carboxylic acids is 1. The van der Waals surface area contributed by atoms with E-state index in [0.717, 1.165) is 18.4 Å². The number of nitrogens with one attached hydrogen (secondary N) is 1. The fourth-order valence-corrected chi connectivity index (χ4v) is 2.25. The molecule has 0 fully saturated rings. The zero-order valence-electron chi connectivity index (χ0n) is 13.1. The molecule has 0 saturated heterocycles. The number of tetrazole rings is 1. The quantitative estimate of drug-likeness (QED) is 0.752. The summed E-state index contributed by atoms with van der Waals surface area (Å²) in [6.45, 7) is 4.31. The van der Waals surface area contributed by atoms with Gasteiger partial charge in [0.15, 0.2) is 5.82 Å². The molecule has 0 radical (unpaired) electrons. The van der Waals surface area contributed by atoms with Crippen molar-refractivity contribution in [3.63, 3.8) is 0 Å². The molecule has 2 aromatic rings. The van der Waals surface area contributed by atoms with Gasteiger partial charge in [-0.3, -0.25) is 9.78 Å². The average molecular weight is 302 g/mol. The molecule has 0 aliphatic carbocycles. The number of rotatable bonds is 8. The summed E-state index contributed by atoms with van der Waals surface area (Å²) in [5, 5.41) is 14.5. The normalized spacial score (nSPS) is 12.1. The summed E-state index contributed by atoms with van der Waals surface area (Å²) >= 11 is 0. The predicted molar refractivity (Wildman–Crippen MR) is 82.8 cm³/mol. The van der Waals surface area contributed by atoms with Gasteiger partial charge in [0.25, 0.3) is 0 Å². The maximum absolute atomic E-state index is 12.1. The third-order valence-corrected chi connectivity index (χ3v) is 3.41. The number of hydrogen-bond acceptors (Lipinski definition) is 5. The van der Waals surface area contributed by atoms with Crippen LogP contribution in [0, 0.1) is 0 Å². The van der Waals surface area contributed by atoms with E-state index >= 15 is 0 Å². The van der Waals surface area contributed by atoms with Gasteiger partial charge in [0.1, 0.15) is 6.54 Å². The van der Waals surface area contributed by atoms with Crippen LogP contribution in [0.1, 0.15) is 39.5 Å². The Labute approximate surface area is 130 Å². The van der Waals surface area contributed by atoms with E-state index in [9.17, 15) is 4.79 Å². The lowest BCUT2D eigenvalue weighted by atomic mass is 10.1. The molecule has 7 heteroatoms. The first-order valence-corrected chi connectivity index (χ1v) is 7.66. The van der Waals surface area contributed by atoms with Crippen LogP contribution in [0.5, 0.6) is 0 Å². The molecule has 0 aromatic carbocycles. The molecule has 2 rings (SSSR count). The molecule has 2 heterocycles. The van der Waals surface area contributed by atoms with Gasteiger partial charge in [0, 0.05) is 24.0 Å². The topological polar surface area (TPSA) is 85.6 Å². The maximum atomic E-state index is 12.1. The summed E-state index contributed by atoms with van der Waals surface area (Å²) in [5.41, 5.74) is 0.837. The van der Waals surface area contributed by atoms with E-state index in [1.54, 1.807) is 12.4 Å². The van der Waals surface area contributed by atoms with Crippen molar-refractivity contribution in [1.82, 2.24) is 30.5 Å². The van der Waals surface area contributed by atoms with Gasteiger partial charge in [0.2, 0.25) is 5.91 Å². The Morgan fingerprint density at radius 2 is 2.09 bits per heavy atom. The lowest BCUT2D eigenvalue weighted by Crippen LogP contribution is -2.35. The van der Waals surface area contributed by atoms with Gasteiger partial charge in [0.05, 0.1) is 0 Å². The molecule has 0 bridgehead atoms. The van der Waals surface area contributed by atoms with E-state index in [1.165, 1.54) is 17.5 Å². The van der Waals surface area contributed by atoms with Crippen LogP contribution >= 0.6 is 0 Å². The van der Waals surface area contributed by atoms with Gasteiger partial charge < -0.3 is 5.32 Å². The molecule has 1 atom stereocenters. The fourth-order valence-electron chi connectivity index (χ4n) is 2.25. The lowest BCUT2D eigenvalue weighted by molar-refractivity contribution is -0.122.